The van der Waals surface area contributed by atoms with Gasteiger partial charge in [-0.1, -0.05) is 19.9 Å². The molecule has 0 saturated carbocycles. The van der Waals surface area contributed by atoms with E-state index in [4.69, 9.17) is 4.74 Å². The Bertz CT molecular complexity index is 505. The molecule has 1 saturated heterocycles. The van der Waals surface area contributed by atoms with Gasteiger partial charge in [0.05, 0.1) is 6.10 Å². The Balaban J connectivity index is 2.21. The third-order valence-electron chi connectivity index (χ3n) is 4.42. The van der Waals surface area contributed by atoms with Crippen LogP contribution in [0.15, 0.2) is 12.1 Å². The number of ether oxygens (including phenoxy) is 1. The quantitative estimate of drug-likeness (QED) is 0.750. The van der Waals surface area contributed by atoms with Crippen molar-refractivity contribution in [2.75, 3.05) is 0 Å². The predicted octanol–water partition coefficient (Wildman–Crippen LogP) is 2.43. The highest BCUT2D eigenvalue weighted by Crippen LogP contribution is 2.55. The number of rotatable bonds is 1. The van der Waals surface area contributed by atoms with E-state index in [0.29, 0.717) is 11.8 Å². The number of aryl methyl sites for hydroxylation is 1. The van der Waals surface area contributed by atoms with Crippen molar-refractivity contribution in [3.8, 4) is 5.75 Å². The van der Waals surface area contributed by atoms with E-state index in [1.54, 1.807) is 13.0 Å². The Morgan fingerprint density at radius 2 is 2.00 bits per heavy atom. The molecule has 4 unspecified atom stereocenters. The summed E-state index contributed by atoms with van der Waals surface area (Å²) in [6.07, 6.45) is -0.00375. The minimum atomic E-state index is -0.990. The normalized spacial score (nSPS) is 37.3. The Kier molecular flexibility index (Phi) is 2.32. The van der Waals surface area contributed by atoms with Gasteiger partial charge in [0.25, 0.3) is 0 Å². The molecule has 0 aromatic heterocycles. The van der Waals surface area contributed by atoms with Gasteiger partial charge in [-0.3, -0.25) is 0 Å². The van der Waals surface area contributed by atoms with E-state index >= 15 is 0 Å². The minimum absolute atomic E-state index is 0.122. The van der Waals surface area contributed by atoms with Gasteiger partial charge in [-0.05, 0) is 42.5 Å². The molecule has 1 fully saturated rings. The van der Waals surface area contributed by atoms with Crippen LogP contribution in [0.5, 0.6) is 5.75 Å². The van der Waals surface area contributed by atoms with Crippen molar-refractivity contribution in [3.05, 3.63) is 28.8 Å². The first-order chi connectivity index (χ1) is 8.34. The van der Waals surface area contributed by atoms with Gasteiger partial charge in [0, 0.05) is 5.92 Å². The molecule has 18 heavy (non-hydrogen) atoms. The van der Waals surface area contributed by atoms with Crippen LogP contribution in [0, 0.1) is 12.8 Å². The first-order valence-electron chi connectivity index (χ1n) is 6.56. The van der Waals surface area contributed by atoms with Crippen LogP contribution in [-0.4, -0.2) is 22.4 Å². The van der Waals surface area contributed by atoms with Crippen molar-refractivity contribution in [2.45, 2.75) is 51.4 Å². The molecule has 98 valence electrons. The highest BCUT2D eigenvalue weighted by atomic mass is 16.6. The van der Waals surface area contributed by atoms with Gasteiger partial charge in [-0.2, -0.15) is 0 Å². The molecule has 4 atom stereocenters. The molecule has 0 amide bonds. The lowest BCUT2D eigenvalue weighted by atomic mass is 9.70. The van der Waals surface area contributed by atoms with Crippen molar-refractivity contribution in [1.29, 1.82) is 0 Å². The first kappa shape index (κ1) is 12.0. The molecule has 3 nitrogen and oxygen atoms in total. The summed E-state index contributed by atoms with van der Waals surface area (Å²) in [4.78, 5) is 0. The summed E-state index contributed by atoms with van der Waals surface area (Å²) in [5.74, 6) is 1.01. The highest BCUT2D eigenvalue weighted by Gasteiger charge is 2.61. The fourth-order valence-corrected chi connectivity index (χ4v) is 3.35. The third-order valence-corrected chi connectivity index (χ3v) is 4.42. The molecule has 0 radical (unpaired) electrons. The van der Waals surface area contributed by atoms with Gasteiger partial charge in [0.15, 0.2) is 0 Å². The van der Waals surface area contributed by atoms with Gasteiger partial charge in [0.2, 0.25) is 0 Å². The van der Waals surface area contributed by atoms with Crippen molar-refractivity contribution in [3.63, 3.8) is 0 Å². The number of phenols is 1. The van der Waals surface area contributed by atoms with E-state index in [1.807, 2.05) is 13.0 Å². The molecule has 2 N–H and O–H groups in total. The lowest BCUT2D eigenvalue weighted by Crippen LogP contribution is -2.38. The van der Waals surface area contributed by atoms with Crippen LogP contribution in [0.1, 0.15) is 43.4 Å². The molecule has 1 aliphatic carbocycles. The Labute approximate surface area is 107 Å². The Hall–Kier alpha value is -1.06. The third kappa shape index (κ3) is 1.44. The van der Waals surface area contributed by atoms with Crippen molar-refractivity contribution < 1.29 is 14.9 Å². The van der Waals surface area contributed by atoms with Gasteiger partial charge in [-0.25, -0.2) is 0 Å². The maximum atomic E-state index is 10.6. The molecule has 0 bridgehead atoms. The number of epoxide rings is 1. The SMILES string of the molecule is Cc1cc2c(cc1O)C(C)(O)C1OC1C2C(C)C. The summed E-state index contributed by atoms with van der Waals surface area (Å²) in [6, 6.07) is 3.71. The number of aliphatic hydroxyl groups is 1. The number of benzene rings is 1. The minimum Gasteiger partial charge on any atom is -0.508 e. The molecule has 1 aromatic carbocycles. The second kappa shape index (κ2) is 3.49. The molecule has 1 heterocycles. The standard InChI is InChI=1S/C15H20O3/c1-7(2)12-9-5-8(3)11(16)6-10(9)15(4,17)14-13(12)18-14/h5-7,12-14,16-17H,1-4H3. The number of phenolic OH excluding ortho intramolecular Hbond substituents is 1. The van der Waals surface area contributed by atoms with E-state index in [-0.39, 0.29) is 18.0 Å². The number of hydrogen-bond donors (Lipinski definition) is 2. The summed E-state index contributed by atoms with van der Waals surface area (Å²) in [5, 5.41) is 20.5. The zero-order chi connectivity index (χ0) is 13.2. The highest BCUT2D eigenvalue weighted by molar-refractivity contribution is 5.50. The van der Waals surface area contributed by atoms with Crippen molar-refractivity contribution >= 4 is 0 Å². The van der Waals surface area contributed by atoms with Crippen LogP contribution < -0.4 is 0 Å². The summed E-state index contributed by atoms with van der Waals surface area (Å²) < 4.78 is 5.70. The van der Waals surface area contributed by atoms with Crippen LogP contribution in [0.4, 0.5) is 0 Å². The van der Waals surface area contributed by atoms with Crippen LogP contribution >= 0.6 is 0 Å². The monoisotopic (exact) mass is 248 g/mol. The molecule has 1 aliphatic heterocycles. The molecule has 3 heteroatoms. The number of aromatic hydroxyl groups is 1. The first-order valence-corrected chi connectivity index (χ1v) is 6.56. The largest absolute Gasteiger partial charge is 0.508 e. The lowest BCUT2D eigenvalue weighted by molar-refractivity contribution is 0.0233. The molecule has 1 aromatic rings. The second-order valence-corrected chi connectivity index (χ2v) is 6.16. The van der Waals surface area contributed by atoms with Gasteiger partial charge in [0.1, 0.15) is 17.5 Å². The fraction of sp³-hybridized carbons (Fsp3) is 0.600. The smallest absolute Gasteiger partial charge is 0.118 e. The van der Waals surface area contributed by atoms with Crippen LogP contribution in [0.2, 0.25) is 0 Å². The zero-order valence-corrected chi connectivity index (χ0v) is 11.3. The van der Waals surface area contributed by atoms with E-state index in [0.717, 1.165) is 16.7 Å². The van der Waals surface area contributed by atoms with E-state index in [9.17, 15) is 10.2 Å². The average molecular weight is 248 g/mol. The lowest BCUT2D eigenvalue weighted by Gasteiger charge is -2.34. The summed E-state index contributed by atoms with van der Waals surface area (Å²) in [7, 11) is 0. The van der Waals surface area contributed by atoms with Crippen molar-refractivity contribution in [1.82, 2.24) is 0 Å². The molecular formula is C15H20O3. The molecule has 3 rings (SSSR count). The number of fused-ring (bicyclic) bond motifs is 2. The summed E-state index contributed by atoms with van der Waals surface area (Å²) in [5.41, 5.74) is 1.82. The van der Waals surface area contributed by atoms with Crippen molar-refractivity contribution in [2.24, 2.45) is 5.92 Å². The van der Waals surface area contributed by atoms with Crippen LogP contribution in [0.3, 0.4) is 0 Å². The zero-order valence-electron chi connectivity index (χ0n) is 11.3. The molecule has 0 spiro atoms. The molecular weight excluding hydrogens is 228 g/mol. The maximum absolute atomic E-state index is 10.6. The Morgan fingerprint density at radius 1 is 1.33 bits per heavy atom. The molecule has 2 aliphatic rings. The average Bonchev–Trinajstić information content (AvgIpc) is 3.02. The topological polar surface area (TPSA) is 53.0 Å². The van der Waals surface area contributed by atoms with Crippen LogP contribution in [0.25, 0.3) is 0 Å². The maximum Gasteiger partial charge on any atom is 0.118 e. The van der Waals surface area contributed by atoms with E-state index in [1.165, 1.54) is 0 Å². The fourth-order valence-electron chi connectivity index (χ4n) is 3.35. The van der Waals surface area contributed by atoms with E-state index < -0.39 is 5.60 Å². The van der Waals surface area contributed by atoms with Gasteiger partial charge >= 0.3 is 0 Å². The van der Waals surface area contributed by atoms with Crippen LogP contribution in [-0.2, 0) is 10.3 Å². The van der Waals surface area contributed by atoms with Gasteiger partial charge < -0.3 is 14.9 Å². The summed E-state index contributed by atoms with van der Waals surface area (Å²) >= 11 is 0. The Morgan fingerprint density at radius 3 is 2.61 bits per heavy atom. The predicted molar refractivity (Wildman–Crippen MR) is 68.7 cm³/mol. The van der Waals surface area contributed by atoms with Gasteiger partial charge in [-0.15, -0.1) is 0 Å². The van der Waals surface area contributed by atoms with E-state index in [2.05, 4.69) is 13.8 Å². The summed E-state index contributed by atoms with van der Waals surface area (Å²) in [6.45, 7) is 8.02. The number of hydrogen-bond acceptors (Lipinski definition) is 3. The second-order valence-electron chi connectivity index (χ2n) is 6.16.